The van der Waals surface area contributed by atoms with Gasteiger partial charge in [-0.1, -0.05) is 27.7 Å². The van der Waals surface area contributed by atoms with Gasteiger partial charge in [0.05, 0.1) is 0 Å². The number of thiol groups is 1. The first-order valence-corrected chi connectivity index (χ1v) is 4.82. The zero-order valence-electron chi connectivity index (χ0n) is 8.50. The van der Waals surface area contributed by atoms with E-state index in [2.05, 4.69) is 12.6 Å². The molecule has 0 spiro atoms. The van der Waals surface area contributed by atoms with Crippen molar-refractivity contribution in [2.45, 2.75) is 32.6 Å². The SMILES string of the molecule is CC.CC.Oc1cc(F)ccc1S. The summed E-state index contributed by atoms with van der Waals surface area (Å²) < 4.78 is 12.2. The van der Waals surface area contributed by atoms with Crippen LogP contribution in [0.15, 0.2) is 23.1 Å². The maximum Gasteiger partial charge on any atom is 0.131 e. The average Bonchev–Trinajstić information content (AvgIpc) is 2.18. The van der Waals surface area contributed by atoms with Crippen molar-refractivity contribution in [2.75, 3.05) is 0 Å². The van der Waals surface area contributed by atoms with Crippen molar-refractivity contribution in [3.8, 4) is 5.75 Å². The van der Waals surface area contributed by atoms with Gasteiger partial charge in [-0.25, -0.2) is 4.39 Å². The van der Waals surface area contributed by atoms with Crippen LogP contribution in [0.1, 0.15) is 27.7 Å². The van der Waals surface area contributed by atoms with Crippen LogP contribution in [0.2, 0.25) is 0 Å². The molecule has 0 amide bonds. The second-order valence-electron chi connectivity index (χ2n) is 1.63. The molecule has 76 valence electrons. The monoisotopic (exact) mass is 204 g/mol. The highest BCUT2D eigenvalue weighted by atomic mass is 32.1. The molecule has 0 aromatic heterocycles. The summed E-state index contributed by atoms with van der Waals surface area (Å²) >= 11 is 3.83. The lowest BCUT2D eigenvalue weighted by molar-refractivity contribution is 0.456. The van der Waals surface area contributed by atoms with Gasteiger partial charge >= 0.3 is 0 Å². The maximum atomic E-state index is 12.2. The van der Waals surface area contributed by atoms with Crippen LogP contribution in [0.4, 0.5) is 4.39 Å². The van der Waals surface area contributed by atoms with E-state index in [4.69, 9.17) is 5.11 Å². The molecule has 13 heavy (non-hydrogen) atoms. The van der Waals surface area contributed by atoms with Gasteiger partial charge in [-0.05, 0) is 12.1 Å². The Kier molecular flexibility index (Phi) is 10.7. The molecule has 1 aromatic rings. The van der Waals surface area contributed by atoms with Crippen molar-refractivity contribution < 1.29 is 9.50 Å². The van der Waals surface area contributed by atoms with Crippen LogP contribution >= 0.6 is 12.6 Å². The molecule has 1 nitrogen and oxygen atoms in total. The molecule has 0 radical (unpaired) electrons. The second kappa shape index (κ2) is 9.39. The van der Waals surface area contributed by atoms with Gasteiger partial charge in [0.25, 0.3) is 0 Å². The van der Waals surface area contributed by atoms with E-state index in [9.17, 15) is 4.39 Å². The minimum Gasteiger partial charge on any atom is -0.507 e. The highest BCUT2D eigenvalue weighted by Crippen LogP contribution is 2.20. The Balaban J connectivity index is 0. The number of phenols is 1. The van der Waals surface area contributed by atoms with E-state index >= 15 is 0 Å². The molecule has 1 aromatic carbocycles. The quantitative estimate of drug-likeness (QED) is 0.615. The molecule has 0 bridgehead atoms. The smallest absolute Gasteiger partial charge is 0.131 e. The van der Waals surface area contributed by atoms with Crippen LogP contribution in [0.3, 0.4) is 0 Å². The van der Waals surface area contributed by atoms with Crippen LogP contribution in [0, 0.1) is 5.82 Å². The fraction of sp³-hybridized carbons (Fsp3) is 0.400. The molecule has 0 fully saturated rings. The standard InChI is InChI=1S/C6H5FOS.2C2H6/c7-4-1-2-6(9)5(8)3-4;2*1-2/h1-3,8-9H;2*1-2H3. The van der Waals surface area contributed by atoms with Crippen LogP contribution in [-0.2, 0) is 0 Å². The molecule has 0 heterocycles. The zero-order chi connectivity index (χ0) is 10.9. The Hall–Kier alpha value is -0.700. The maximum absolute atomic E-state index is 12.2. The molecule has 0 saturated heterocycles. The average molecular weight is 204 g/mol. The summed E-state index contributed by atoms with van der Waals surface area (Å²) in [5, 5.41) is 8.78. The van der Waals surface area contributed by atoms with Crippen molar-refractivity contribution in [1.29, 1.82) is 0 Å². The van der Waals surface area contributed by atoms with E-state index in [1.54, 1.807) is 0 Å². The van der Waals surface area contributed by atoms with Gasteiger partial charge in [0.2, 0.25) is 0 Å². The Morgan fingerprint density at radius 3 is 1.92 bits per heavy atom. The molecule has 0 atom stereocenters. The van der Waals surface area contributed by atoms with Crippen LogP contribution in [0.25, 0.3) is 0 Å². The fourth-order valence-corrected chi connectivity index (χ4v) is 0.636. The Morgan fingerprint density at radius 2 is 1.62 bits per heavy atom. The summed E-state index contributed by atoms with van der Waals surface area (Å²) in [4.78, 5) is 0.386. The number of benzene rings is 1. The first kappa shape index (κ1) is 14.8. The Morgan fingerprint density at radius 1 is 1.15 bits per heavy atom. The van der Waals surface area contributed by atoms with E-state index in [0.29, 0.717) is 4.90 Å². The minimum absolute atomic E-state index is 0.127. The number of hydrogen-bond acceptors (Lipinski definition) is 2. The topological polar surface area (TPSA) is 20.2 Å². The van der Waals surface area contributed by atoms with E-state index in [-0.39, 0.29) is 5.75 Å². The number of halogens is 1. The van der Waals surface area contributed by atoms with E-state index < -0.39 is 5.82 Å². The van der Waals surface area contributed by atoms with Gasteiger partial charge < -0.3 is 5.11 Å². The number of hydrogen-bond donors (Lipinski definition) is 2. The third-order valence-corrected chi connectivity index (χ3v) is 1.32. The zero-order valence-corrected chi connectivity index (χ0v) is 9.40. The molecular weight excluding hydrogens is 187 g/mol. The van der Waals surface area contributed by atoms with Crippen molar-refractivity contribution >= 4 is 12.6 Å². The van der Waals surface area contributed by atoms with Crippen molar-refractivity contribution in [3.05, 3.63) is 24.0 Å². The fourth-order valence-electron chi connectivity index (χ4n) is 0.497. The predicted molar refractivity (Wildman–Crippen MR) is 58.0 cm³/mol. The van der Waals surface area contributed by atoms with Gasteiger partial charge in [-0.3, -0.25) is 0 Å². The number of phenolic OH excluding ortho intramolecular Hbond substituents is 1. The molecule has 1 rings (SSSR count). The molecule has 3 heteroatoms. The molecule has 0 aliphatic heterocycles. The Labute approximate surface area is 85.0 Å². The van der Waals surface area contributed by atoms with E-state index in [0.717, 1.165) is 6.07 Å². The third-order valence-electron chi connectivity index (χ3n) is 0.937. The van der Waals surface area contributed by atoms with Crippen LogP contribution < -0.4 is 0 Å². The molecular formula is C10H17FOS. The number of aromatic hydroxyl groups is 1. The van der Waals surface area contributed by atoms with Crippen LogP contribution in [-0.4, -0.2) is 5.11 Å². The summed E-state index contributed by atoms with van der Waals surface area (Å²) in [7, 11) is 0. The van der Waals surface area contributed by atoms with Gasteiger partial charge in [0.1, 0.15) is 11.6 Å². The molecule has 0 saturated carbocycles. The summed E-state index contributed by atoms with van der Waals surface area (Å²) in [6, 6.07) is 3.65. The lowest BCUT2D eigenvalue weighted by Crippen LogP contribution is -1.72. The highest BCUT2D eigenvalue weighted by molar-refractivity contribution is 7.80. The van der Waals surface area contributed by atoms with E-state index in [1.165, 1.54) is 12.1 Å². The largest absolute Gasteiger partial charge is 0.507 e. The molecule has 0 unspecified atom stereocenters. The molecule has 1 N–H and O–H groups in total. The lowest BCUT2D eigenvalue weighted by atomic mass is 10.3. The summed E-state index contributed by atoms with van der Waals surface area (Å²) in [6.45, 7) is 8.00. The highest BCUT2D eigenvalue weighted by Gasteiger charge is 1.95. The van der Waals surface area contributed by atoms with Gasteiger partial charge in [-0.2, -0.15) is 0 Å². The summed E-state index contributed by atoms with van der Waals surface area (Å²) in [5.74, 6) is -0.580. The van der Waals surface area contributed by atoms with E-state index in [1.807, 2.05) is 27.7 Å². The van der Waals surface area contributed by atoms with Crippen LogP contribution in [0.5, 0.6) is 5.75 Å². The Bertz CT molecular complexity index is 226. The van der Waals surface area contributed by atoms with Gasteiger partial charge in [0.15, 0.2) is 0 Å². The van der Waals surface area contributed by atoms with Gasteiger partial charge in [0, 0.05) is 11.0 Å². The van der Waals surface area contributed by atoms with Crippen molar-refractivity contribution in [3.63, 3.8) is 0 Å². The predicted octanol–water partition coefficient (Wildman–Crippen LogP) is 3.87. The summed E-state index contributed by atoms with van der Waals surface area (Å²) in [5.41, 5.74) is 0. The normalized spacial score (nSPS) is 7.54. The number of rotatable bonds is 0. The minimum atomic E-state index is -0.453. The lowest BCUT2D eigenvalue weighted by Gasteiger charge is -1.93. The molecule has 0 aliphatic rings. The van der Waals surface area contributed by atoms with Crippen molar-refractivity contribution in [1.82, 2.24) is 0 Å². The van der Waals surface area contributed by atoms with Gasteiger partial charge in [-0.15, -0.1) is 12.6 Å². The second-order valence-corrected chi connectivity index (χ2v) is 2.11. The van der Waals surface area contributed by atoms with Crippen molar-refractivity contribution in [2.24, 2.45) is 0 Å². The summed E-state index contributed by atoms with van der Waals surface area (Å²) in [6.07, 6.45) is 0. The first-order chi connectivity index (χ1) is 6.20. The third kappa shape index (κ3) is 6.46. The first-order valence-electron chi connectivity index (χ1n) is 4.37. The molecule has 0 aliphatic carbocycles.